The molecule has 0 amide bonds. The molecule has 1 aliphatic heterocycles. The minimum absolute atomic E-state index is 0.0930. The number of H-pyrrole nitrogens is 1. The number of rotatable bonds is 4. The van der Waals surface area contributed by atoms with Crippen LogP contribution in [0.2, 0.25) is 0 Å². The molecule has 0 atom stereocenters. The smallest absolute Gasteiger partial charge is 0.271 e. The lowest BCUT2D eigenvalue weighted by atomic mass is 9.96. The van der Waals surface area contributed by atoms with Gasteiger partial charge >= 0.3 is 0 Å². The van der Waals surface area contributed by atoms with Crippen LogP contribution in [0.3, 0.4) is 0 Å². The number of nitro groups is 1. The minimum Gasteiger partial charge on any atom is -0.370 e. The van der Waals surface area contributed by atoms with Crippen molar-refractivity contribution in [1.82, 2.24) is 9.97 Å². The number of nitrogens with zero attached hydrogens (tertiary/aromatic N) is 3. The molecule has 0 aliphatic carbocycles. The number of aromatic amines is 1. The van der Waals surface area contributed by atoms with E-state index in [-0.39, 0.29) is 22.2 Å². The molecular weight excluding hydrogens is 334 g/mol. The number of non-ortho nitro benzene ring substituents is 1. The molecule has 0 unspecified atom stereocenters. The van der Waals surface area contributed by atoms with E-state index in [1.807, 2.05) is 4.90 Å². The van der Waals surface area contributed by atoms with Crippen molar-refractivity contribution in [3.63, 3.8) is 0 Å². The number of imidazole rings is 1. The summed E-state index contributed by atoms with van der Waals surface area (Å²) in [4.78, 5) is 19.5. The van der Waals surface area contributed by atoms with E-state index in [1.54, 1.807) is 12.4 Å². The van der Waals surface area contributed by atoms with Gasteiger partial charge in [0.25, 0.3) is 5.69 Å². The fraction of sp³-hybridized carbons (Fsp3) is 0.357. The van der Waals surface area contributed by atoms with Crippen LogP contribution in [-0.2, 0) is 10.0 Å². The number of nitrogens with one attached hydrogen (secondary N) is 1. The summed E-state index contributed by atoms with van der Waals surface area (Å²) >= 11 is 0. The monoisotopic (exact) mass is 351 g/mol. The van der Waals surface area contributed by atoms with Gasteiger partial charge in [0.15, 0.2) is 0 Å². The molecule has 1 aliphatic rings. The second-order valence-electron chi connectivity index (χ2n) is 5.69. The van der Waals surface area contributed by atoms with Crippen molar-refractivity contribution in [3.8, 4) is 0 Å². The van der Waals surface area contributed by atoms with Gasteiger partial charge in [-0.2, -0.15) is 0 Å². The van der Waals surface area contributed by atoms with E-state index in [4.69, 9.17) is 5.14 Å². The minimum atomic E-state index is -3.96. The summed E-state index contributed by atoms with van der Waals surface area (Å²) in [5.74, 6) is 1.16. The average molecular weight is 351 g/mol. The highest BCUT2D eigenvalue weighted by atomic mass is 32.2. The molecule has 1 aromatic heterocycles. The second-order valence-corrected chi connectivity index (χ2v) is 7.22. The summed E-state index contributed by atoms with van der Waals surface area (Å²) in [6.07, 6.45) is 4.99. The first-order chi connectivity index (χ1) is 11.4. The lowest BCUT2D eigenvalue weighted by Crippen LogP contribution is -2.34. The Labute approximate surface area is 138 Å². The maximum Gasteiger partial charge on any atom is 0.271 e. The van der Waals surface area contributed by atoms with Gasteiger partial charge < -0.3 is 9.88 Å². The summed E-state index contributed by atoms with van der Waals surface area (Å²) in [6, 6.07) is 3.62. The van der Waals surface area contributed by atoms with Crippen LogP contribution in [0.4, 0.5) is 11.4 Å². The zero-order valence-electron chi connectivity index (χ0n) is 12.8. The Kier molecular flexibility index (Phi) is 4.24. The summed E-state index contributed by atoms with van der Waals surface area (Å²) in [5.41, 5.74) is 0.121. The molecule has 2 heterocycles. The number of anilines is 1. The number of nitro benzene ring substituents is 1. The molecule has 0 spiro atoms. The number of primary sulfonamides is 1. The topological polar surface area (TPSA) is 135 Å². The van der Waals surface area contributed by atoms with E-state index in [0.717, 1.165) is 24.7 Å². The highest BCUT2D eigenvalue weighted by molar-refractivity contribution is 7.89. The van der Waals surface area contributed by atoms with Gasteiger partial charge in [-0.1, -0.05) is 0 Å². The van der Waals surface area contributed by atoms with Gasteiger partial charge in [-0.15, -0.1) is 0 Å². The lowest BCUT2D eigenvalue weighted by Gasteiger charge is -2.33. The molecule has 24 heavy (non-hydrogen) atoms. The third-order valence-corrected chi connectivity index (χ3v) is 5.16. The predicted octanol–water partition coefficient (Wildman–Crippen LogP) is 1.35. The predicted molar refractivity (Wildman–Crippen MR) is 87.2 cm³/mol. The number of benzene rings is 1. The van der Waals surface area contributed by atoms with Crippen molar-refractivity contribution in [3.05, 3.63) is 46.5 Å². The molecule has 0 radical (unpaired) electrons. The Hall–Kier alpha value is -2.46. The second kappa shape index (κ2) is 6.21. The van der Waals surface area contributed by atoms with E-state index in [1.165, 1.54) is 12.1 Å². The fourth-order valence-corrected chi connectivity index (χ4v) is 3.74. The van der Waals surface area contributed by atoms with Gasteiger partial charge in [-0.3, -0.25) is 10.1 Å². The highest BCUT2D eigenvalue weighted by Crippen LogP contribution is 2.34. The number of piperidine rings is 1. The van der Waals surface area contributed by atoms with E-state index >= 15 is 0 Å². The number of nitrogens with two attached hydrogens (primary N) is 1. The molecule has 0 bridgehead atoms. The zero-order chi connectivity index (χ0) is 17.3. The Morgan fingerprint density at radius 3 is 2.58 bits per heavy atom. The number of aromatic nitrogens is 2. The summed E-state index contributed by atoms with van der Waals surface area (Å²) in [7, 11) is -3.96. The molecule has 3 rings (SSSR count). The molecule has 3 N–H and O–H groups in total. The van der Waals surface area contributed by atoms with Crippen LogP contribution in [0, 0.1) is 10.1 Å². The lowest BCUT2D eigenvalue weighted by molar-refractivity contribution is -0.384. The molecular formula is C14H17N5O4S. The Morgan fingerprint density at radius 2 is 2.04 bits per heavy atom. The van der Waals surface area contributed by atoms with E-state index in [0.29, 0.717) is 13.1 Å². The van der Waals surface area contributed by atoms with Crippen LogP contribution in [-0.4, -0.2) is 36.4 Å². The van der Waals surface area contributed by atoms with E-state index < -0.39 is 14.9 Å². The maximum absolute atomic E-state index is 11.8. The molecule has 1 aromatic carbocycles. The van der Waals surface area contributed by atoms with Gasteiger partial charge in [0.2, 0.25) is 10.0 Å². The average Bonchev–Trinajstić information content (AvgIpc) is 3.08. The molecule has 128 valence electrons. The number of hydrogen-bond acceptors (Lipinski definition) is 6. The quantitative estimate of drug-likeness (QED) is 0.630. The van der Waals surface area contributed by atoms with Crippen molar-refractivity contribution >= 4 is 21.4 Å². The maximum atomic E-state index is 11.8. The van der Waals surface area contributed by atoms with Gasteiger partial charge in [0.05, 0.1) is 10.6 Å². The molecule has 0 saturated carbocycles. The zero-order valence-corrected chi connectivity index (χ0v) is 13.6. The Morgan fingerprint density at radius 1 is 1.33 bits per heavy atom. The Bertz CT molecular complexity index is 842. The number of sulfonamides is 1. The van der Waals surface area contributed by atoms with Crippen molar-refractivity contribution < 1.29 is 13.3 Å². The van der Waals surface area contributed by atoms with Gasteiger partial charge in [0.1, 0.15) is 10.7 Å². The summed E-state index contributed by atoms with van der Waals surface area (Å²) in [6.45, 7) is 1.13. The normalized spacial score (nSPS) is 16.3. The van der Waals surface area contributed by atoms with Gasteiger partial charge in [-0.05, 0) is 18.9 Å². The first-order valence-corrected chi connectivity index (χ1v) is 8.96. The van der Waals surface area contributed by atoms with Crippen molar-refractivity contribution in [2.45, 2.75) is 23.7 Å². The number of hydrogen-bond donors (Lipinski definition) is 2. The van der Waals surface area contributed by atoms with Crippen LogP contribution in [0.25, 0.3) is 0 Å². The van der Waals surface area contributed by atoms with Gasteiger partial charge in [0, 0.05) is 43.5 Å². The largest absolute Gasteiger partial charge is 0.370 e. The molecule has 1 fully saturated rings. The fourth-order valence-electron chi connectivity index (χ4n) is 3.00. The molecule has 1 saturated heterocycles. The standard InChI is InChI=1S/C14H17N5O4S/c15-24(22,23)13-2-1-11(19(20)21)9-12(13)18-7-3-10(4-8-18)14-16-5-6-17-14/h1-2,5-6,9-10H,3-4,7-8H2,(H,16,17)(H2,15,22,23). The Balaban J connectivity index is 1.88. The third-order valence-electron chi connectivity index (χ3n) is 4.20. The van der Waals surface area contributed by atoms with E-state index in [9.17, 15) is 18.5 Å². The van der Waals surface area contributed by atoms with Crippen molar-refractivity contribution in [2.24, 2.45) is 5.14 Å². The SMILES string of the molecule is NS(=O)(=O)c1ccc([N+](=O)[O-])cc1N1CCC(c2ncc[nH]2)CC1. The summed E-state index contributed by atoms with van der Waals surface area (Å²) in [5, 5.41) is 16.3. The van der Waals surface area contributed by atoms with Crippen molar-refractivity contribution in [2.75, 3.05) is 18.0 Å². The van der Waals surface area contributed by atoms with Crippen molar-refractivity contribution in [1.29, 1.82) is 0 Å². The first kappa shape index (κ1) is 16.4. The van der Waals surface area contributed by atoms with Crippen LogP contribution in [0.15, 0.2) is 35.5 Å². The molecule has 9 nitrogen and oxygen atoms in total. The van der Waals surface area contributed by atoms with Crippen LogP contribution in [0.5, 0.6) is 0 Å². The third kappa shape index (κ3) is 3.24. The van der Waals surface area contributed by atoms with Gasteiger partial charge in [-0.25, -0.2) is 18.5 Å². The van der Waals surface area contributed by atoms with Crippen LogP contribution in [0.1, 0.15) is 24.6 Å². The van der Waals surface area contributed by atoms with Crippen LogP contribution < -0.4 is 10.0 Å². The molecule has 2 aromatic rings. The highest BCUT2D eigenvalue weighted by Gasteiger charge is 2.27. The van der Waals surface area contributed by atoms with Crippen LogP contribution >= 0.6 is 0 Å². The molecule has 10 heteroatoms. The first-order valence-electron chi connectivity index (χ1n) is 7.41. The van der Waals surface area contributed by atoms with E-state index in [2.05, 4.69) is 9.97 Å². The summed E-state index contributed by atoms with van der Waals surface area (Å²) < 4.78 is 23.6.